The van der Waals surface area contributed by atoms with Gasteiger partial charge >= 0.3 is 0 Å². The molecule has 0 aliphatic carbocycles. The molecule has 0 aliphatic heterocycles. The SMILES string of the molecule is Cc1ccc(SCCNC(=O)C(C)C(N)c2ccccc2)cc1. The van der Waals surface area contributed by atoms with Gasteiger partial charge in [-0.1, -0.05) is 55.0 Å². The lowest BCUT2D eigenvalue weighted by Crippen LogP contribution is -2.36. The molecule has 2 atom stereocenters. The molecule has 3 nitrogen and oxygen atoms in total. The van der Waals surface area contributed by atoms with Gasteiger partial charge in [0, 0.05) is 23.2 Å². The Kier molecular flexibility index (Phi) is 6.68. The maximum absolute atomic E-state index is 12.2. The van der Waals surface area contributed by atoms with E-state index in [0.717, 1.165) is 11.3 Å². The van der Waals surface area contributed by atoms with E-state index in [0.29, 0.717) is 6.54 Å². The highest BCUT2D eigenvalue weighted by Gasteiger charge is 2.21. The zero-order valence-electron chi connectivity index (χ0n) is 13.7. The number of thioether (sulfide) groups is 1. The average molecular weight is 328 g/mol. The Morgan fingerprint density at radius 2 is 1.78 bits per heavy atom. The number of amides is 1. The van der Waals surface area contributed by atoms with Gasteiger partial charge in [-0.2, -0.15) is 0 Å². The smallest absolute Gasteiger partial charge is 0.224 e. The second kappa shape index (κ2) is 8.75. The third-order valence-corrected chi connectivity index (χ3v) is 4.84. The predicted octanol–water partition coefficient (Wildman–Crippen LogP) is 3.54. The van der Waals surface area contributed by atoms with Crippen molar-refractivity contribution in [2.45, 2.75) is 24.8 Å². The molecule has 2 rings (SSSR count). The number of hydrogen-bond acceptors (Lipinski definition) is 3. The molecule has 2 aromatic rings. The largest absolute Gasteiger partial charge is 0.355 e. The van der Waals surface area contributed by atoms with Gasteiger partial charge in [-0.05, 0) is 24.6 Å². The maximum atomic E-state index is 12.2. The number of aryl methyl sites for hydroxylation is 1. The van der Waals surface area contributed by atoms with Crippen LogP contribution in [0.25, 0.3) is 0 Å². The summed E-state index contributed by atoms with van der Waals surface area (Å²) in [6.45, 7) is 4.59. The van der Waals surface area contributed by atoms with Gasteiger partial charge in [-0.15, -0.1) is 11.8 Å². The van der Waals surface area contributed by atoms with Crippen LogP contribution in [-0.2, 0) is 4.79 Å². The molecule has 1 amide bonds. The minimum absolute atomic E-state index is 0.00543. The van der Waals surface area contributed by atoms with E-state index in [1.54, 1.807) is 11.8 Å². The number of benzene rings is 2. The third-order valence-electron chi connectivity index (χ3n) is 3.83. The van der Waals surface area contributed by atoms with Crippen molar-refractivity contribution in [1.82, 2.24) is 5.32 Å². The Labute approximate surface area is 142 Å². The van der Waals surface area contributed by atoms with Gasteiger partial charge in [0.2, 0.25) is 5.91 Å². The third kappa shape index (κ3) is 5.41. The Balaban J connectivity index is 1.74. The van der Waals surface area contributed by atoms with Crippen molar-refractivity contribution in [3.63, 3.8) is 0 Å². The average Bonchev–Trinajstić information content (AvgIpc) is 2.59. The van der Waals surface area contributed by atoms with Crippen molar-refractivity contribution in [3.8, 4) is 0 Å². The van der Waals surface area contributed by atoms with Gasteiger partial charge < -0.3 is 11.1 Å². The molecule has 23 heavy (non-hydrogen) atoms. The Hall–Kier alpha value is -1.78. The molecule has 0 bridgehead atoms. The van der Waals surface area contributed by atoms with Gasteiger partial charge in [0.05, 0.1) is 5.92 Å². The summed E-state index contributed by atoms with van der Waals surface area (Å²) in [6, 6.07) is 17.9. The lowest BCUT2D eigenvalue weighted by Gasteiger charge is -2.19. The van der Waals surface area contributed by atoms with Crippen LogP contribution < -0.4 is 11.1 Å². The normalized spacial score (nSPS) is 13.3. The summed E-state index contributed by atoms with van der Waals surface area (Å²) in [4.78, 5) is 13.4. The van der Waals surface area contributed by atoms with Gasteiger partial charge in [0.25, 0.3) is 0 Å². The van der Waals surface area contributed by atoms with Crippen molar-refractivity contribution in [3.05, 3.63) is 65.7 Å². The van der Waals surface area contributed by atoms with E-state index in [1.165, 1.54) is 10.5 Å². The topological polar surface area (TPSA) is 55.1 Å². The number of carbonyl (C=O) groups is 1. The van der Waals surface area contributed by atoms with Gasteiger partial charge in [-0.25, -0.2) is 0 Å². The van der Waals surface area contributed by atoms with E-state index in [-0.39, 0.29) is 17.9 Å². The minimum atomic E-state index is -0.277. The highest BCUT2D eigenvalue weighted by Crippen LogP contribution is 2.20. The molecular formula is C19H24N2OS. The number of nitrogens with one attached hydrogen (secondary N) is 1. The fourth-order valence-electron chi connectivity index (χ4n) is 2.27. The van der Waals surface area contributed by atoms with E-state index in [2.05, 4.69) is 36.5 Å². The summed E-state index contributed by atoms with van der Waals surface area (Å²) >= 11 is 1.74. The summed E-state index contributed by atoms with van der Waals surface area (Å²) in [7, 11) is 0. The van der Waals surface area contributed by atoms with Crippen LogP contribution in [0.15, 0.2) is 59.5 Å². The number of carbonyl (C=O) groups excluding carboxylic acids is 1. The summed E-state index contributed by atoms with van der Waals surface area (Å²) in [5.41, 5.74) is 8.43. The van der Waals surface area contributed by atoms with Crippen LogP contribution in [0, 0.1) is 12.8 Å². The molecule has 2 unspecified atom stereocenters. The van der Waals surface area contributed by atoms with Crippen LogP contribution in [0.4, 0.5) is 0 Å². The van der Waals surface area contributed by atoms with E-state index < -0.39 is 0 Å². The summed E-state index contributed by atoms with van der Waals surface area (Å²) in [5, 5.41) is 2.97. The minimum Gasteiger partial charge on any atom is -0.355 e. The molecular weight excluding hydrogens is 304 g/mol. The number of rotatable bonds is 7. The van der Waals surface area contributed by atoms with Crippen molar-refractivity contribution in [2.24, 2.45) is 11.7 Å². The fourth-order valence-corrected chi connectivity index (χ4v) is 3.03. The van der Waals surface area contributed by atoms with Crippen LogP contribution in [0.5, 0.6) is 0 Å². The molecule has 0 heterocycles. The van der Waals surface area contributed by atoms with Crippen molar-refractivity contribution >= 4 is 17.7 Å². The van der Waals surface area contributed by atoms with Gasteiger partial charge in [-0.3, -0.25) is 4.79 Å². The zero-order chi connectivity index (χ0) is 16.7. The van der Waals surface area contributed by atoms with E-state index >= 15 is 0 Å². The monoisotopic (exact) mass is 328 g/mol. The number of nitrogens with two attached hydrogens (primary N) is 1. The highest BCUT2D eigenvalue weighted by atomic mass is 32.2. The van der Waals surface area contributed by atoms with Crippen LogP contribution in [0.1, 0.15) is 24.1 Å². The Morgan fingerprint density at radius 3 is 2.43 bits per heavy atom. The maximum Gasteiger partial charge on any atom is 0.224 e. The first-order valence-corrected chi connectivity index (χ1v) is 8.84. The lowest BCUT2D eigenvalue weighted by atomic mass is 9.95. The molecule has 3 N–H and O–H groups in total. The van der Waals surface area contributed by atoms with Crippen LogP contribution in [0.2, 0.25) is 0 Å². The summed E-state index contributed by atoms with van der Waals surface area (Å²) in [6.07, 6.45) is 0. The summed E-state index contributed by atoms with van der Waals surface area (Å²) in [5.74, 6) is 0.606. The molecule has 0 aromatic heterocycles. The Morgan fingerprint density at radius 1 is 1.13 bits per heavy atom. The molecule has 0 spiro atoms. The molecule has 122 valence electrons. The molecule has 0 radical (unpaired) electrons. The molecule has 4 heteroatoms. The van der Waals surface area contributed by atoms with Gasteiger partial charge in [0.15, 0.2) is 0 Å². The first-order valence-electron chi connectivity index (χ1n) is 7.85. The molecule has 0 saturated carbocycles. The zero-order valence-corrected chi connectivity index (χ0v) is 14.5. The molecule has 0 saturated heterocycles. The van der Waals surface area contributed by atoms with E-state index in [1.807, 2.05) is 37.3 Å². The van der Waals surface area contributed by atoms with Crippen LogP contribution in [-0.4, -0.2) is 18.2 Å². The number of hydrogen-bond donors (Lipinski definition) is 2. The molecule has 0 aliphatic rings. The lowest BCUT2D eigenvalue weighted by molar-refractivity contribution is -0.125. The summed E-state index contributed by atoms with van der Waals surface area (Å²) < 4.78 is 0. The van der Waals surface area contributed by atoms with Gasteiger partial charge in [0.1, 0.15) is 0 Å². The molecule has 2 aromatic carbocycles. The second-order valence-electron chi connectivity index (χ2n) is 5.68. The fraction of sp³-hybridized carbons (Fsp3) is 0.316. The molecule has 0 fully saturated rings. The highest BCUT2D eigenvalue weighted by molar-refractivity contribution is 7.99. The van der Waals surface area contributed by atoms with E-state index in [9.17, 15) is 4.79 Å². The van der Waals surface area contributed by atoms with E-state index in [4.69, 9.17) is 5.73 Å². The van der Waals surface area contributed by atoms with Crippen molar-refractivity contribution < 1.29 is 4.79 Å². The second-order valence-corrected chi connectivity index (χ2v) is 6.85. The van der Waals surface area contributed by atoms with Crippen molar-refractivity contribution in [1.29, 1.82) is 0 Å². The first-order chi connectivity index (χ1) is 11.1. The van der Waals surface area contributed by atoms with Crippen LogP contribution >= 0.6 is 11.8 Å². The predicted molar refractivity (Wildman–Crippen MR) is 97.4 cm³/mol. The van der Waals surface area contributed by atoms with Crippen molar-refractivity contribution in [2.75, 3.05) is 12.3 Å². The Bertz CT molecular complexity index is 613. The first kappa shape index (κ1) is 17.6. The standard InChI is InChI=1S/C19H24N2OS/c1-14-8-10-17(11-9-14)23-13-12-21-19(22)15(2)18(20)16-6-4-3-5-7-16/h3-11,15,18H,12-13,20H2,1-2H3,(H,21,22). The quantitative estimate of drug-likeness (QED) is 0.604. The van der Waals surface area contributed by atoms with Crippen LogP contribution in [0.3, 0.4) is 0 Å².